The van der Waals surface area contributed by atoms with Crippen molar-refractivity contribution in [3.63, 3.8) is 0 Å². The zero-order valence-electron chi connectivity index (χ0n) is 19.6. The molecule has 1 aliphatic carbocycles. The normalized spacial score (nSPS) is 24.0. The average molecular weight is 530 g/mol. The highest BCUT2D eigenvalue weighted by atomic mass is 79.9. The maximum Gasteiger partial charge on any atom is 0.180 e. The van der Waals surface area contributed by atoms with Crippen LogP contribution in [0.2, 0.25) is 0 Å². The predicted octanol–water partition coefficient (Wildman–Crippen LogP) is 6.09. The Morgan fingerprint density at radius 2 is 1.69 bits per heavy atom. The maximum atomic E-state index is 14.3. The summed E-state index contributed by atoms with van der Waals surface area (Å²) in [5.74, 6) is -0.834. The lowest BCUT2D eigenvalue weighted by Gasteiger charge is -2.38. The lowest BCUT2D eigenvalue weighted by atomic mass is 9.65. The van der Waals surface area contributed by atoms with E-state index in [1.165, 1.54) is 6.26 Å². The number of benzene rings is 2. The summed E-state index contributed by atoms with van der Waals surface area (Å²) >= 11 is 3.54. The minimum absolute atomic E-state index is 0.0403. The molecule has 3 aliphatic rings. The second-order valence-corrected chi connectivity index (χ2v) is 11.5. The molecule has 1 aromatic heterocycles. The smallest absolute Gasteiger partial charge is 0.180 e. The third kappa shape index (κ3) is 2.83. The first-order valence-electron chi connectivity index (χ1n) is 11.7. The zero-order chi connectivity index (χ0) is 24.7. The van der Waals surface area contributed by atoms with Crippen LogP contribution in [0.5, 0.6) is 0 Å². The van der Waals surface area contributed by atoms with Crippen LogP contribution in [0.1, 0.15) is 58.7 Å². The Morgan fingerprint density at radius 3 is 2.29 bits per heavy atom. The molecule has 3 heterocycles. The Labute approximate surface area is 211 Å². The number of fused-ring (bicyclic) bond motifs is 5. The zero-order valence-corrected chi connectivity index (χ0v) is 21.2. The molecular formula is C29H24BrNO4. The molecule has 0 saturated carbocycles. The van der Waals surface area contributed by atoms with E-state index in [0.717, 1.165) is 15.7 Å². The molecule has 0 radical (unpaired) electrons. The van der Waals surface area contributed by atoms with Crippen LogP contribution in [-0.4, -0.2) is 29.4 Å². The van der Waals surface area contributed by atoms with Gasteiger partial charge in [0, 0.05) is 26.7 Å². The Hall–Kier alpha value is -3.25. The fourth-order valence-electron chi connectivity index (χ4n) is 6.17. The Kier molecular flexibility index (Phi) is 4.68. The van der Waals surface area contributed by atoms with Gasteiger partial charge in [0.1, 0.15) is 17.2 Å². The van der Waals surface area contributed by atoms with Gasteiger partial charge in [-0.05, 0) is 35.9 Å². The van der Waals surface area contributed by atoms with Crippen LogP contribution < -0.4 is 4.90 Å². The second kappa shape index (κ2) is 7.37. The number of carbonyl (C=O) groups is 3. The minimum Gasteiger partial charge on any atom is -0.469 e. The van der Waals surface area contributed by atoms with Crippen LogP contribution in [0.4, 0.5) is 5.69 Å². The second-order valence-electron chi connectivity index (χ2n) is 10.5. The third-order valence-corrected chi connectivity index (χ3v) is 8.12. The van der Waals surface area contributed by atoms with Gasteiger partial charge in [0.05, 0.1) is 18.2 Å². The number of rotatable bonds is 2. The molecule has 176 valence electrons. The van der Waals surface area contributed by atoms with Gasteiger partial charge in [0.25, 0.3) is 0 Å². The van der Waals surface area contributed by atoms with Gasteiger partial charge < -0.3 is 9.32 Å². The highest BCUT2D eigenvalue weighted by Gasteiger charge is 2.72. The molecule has 0 unspecified atom stereocenters. The SMILES string of the molecule is CC(C)(C)C(=O)[C@@H]1[C@@H](c2ccco2)C2(C(=O)c3ccccc3C2=O)[C@@H]2C=Cc3cc(Br)ccc3N12. The summed E-state index contributed by atoms with van der Waals surface area (Å²) in [4.78, 5) is 44.9. The number of hydrogen-bond donors (Lipinski definition) is 0. The highest BCUT2D eigenvalue weighted by molar-refractivity contribution is 9.10. The number of hydrogen-bond acceptors (Lipinski definition) is 5. The Bertz CT molecular complexity index is 1390. The minimum atomic E-state index is -1.51. The number of furan rings is 1. The van der Waals surface area contributed by atoms with Gasteiger partial charge in [0.2, 0.25) is 0 Å². The summed E-state index contributed by atoms with van der Waals surface area (Å²) in [6.07, 6.45) is 5.41. The van der Waals surface area contributed by atoms with Gasteiger partial charge in [-0.15, -0.1) is 0 Å². The molecule has 6 heteroatoms. The monoisotopic (exact) mass is 529 g/mol. The van der Waals surface area contributed by atoms with Crippen LogP contribution in [0.3, 0.4) is 0 Å². The number of Topliss-reactive ketones (excluding diaryl/α,β-unsaturated/α-hetero) is 3. The number of carbonyl (C=O) groups excluding carboxylic acids is 3. The van der Waals surface area contributed by atoms with Crippen molar-refractivity contribution in [2.45, 2.75) is 38.8 Å². The summed E-state index contributed by atoms with van der Waals surface area (Å²) in [6, 6.07) is 15.0. The number of nitrogens with zero attached hydrogens (tertiary/aromatic N) is 1. The van der Waals surface area contributed by atoms with Gasteiger partial charge in [-0.1, -0.05) is 73.1 Å². The fourth-order valence-corrected chi connectivity index (χ4v) is 6.55. The van der Waals surface area contributed by atoms with E-state index in [9.17, 15) is 14.4 Å². The Morgan fingerprint density at radius 1 is 1.00 bits per heavy atom. The molecule has 2 aliphatic heterocycles. The topological polar surface area (TPSA) is 67.6 Å². The first-order valence-corrected chi connectivity index (χ1v) is 12.5. The molecule has 5 nitrogen and oxygen atoms in total. The van der Waals surface area contributed by atoms with Crippen LogP contribution in [-0.2, 0) is 4.79 Å². The molecule has 0 bridgehead atoms. The summed E-state index contributed by atoms with van der Waals surface area (Å²) in [5.41, 5.74) is 0.357. The summed E-state index contributed by atoms with van der Waals surface area (Å²) in [7, 11) is 0. The van der Waals surface area contributed by atoms with Crippen LogP contribution in [0.15, 0.2) is 75.8 Å². The van der Waals surface area contributed by atoms with Gasteiger partial charge >= 0.3 is 0 Å². The van der Waals surface area contributed by atoms with E-state index in [-0.39, 0.29) is 17.3 Å². The average Bonchev–Trinajstić information content (AvgIpc) is 3.51. The number of halogens is 1. The maximum absolute atomic E-state index is 14.3. The molecule has 3 aromatic rings. The van der Waals surface area contributed by atoms with E-state index < -0.39 is 28.8 Å². The predicted molar refractivity (Wildman–Crippen MR) is 137 cm³/mol. The molecule has 2 aromatic carbocycles. The molecular weight excluding hydrogens is 506 g/mol. The quantitative estimate of drug-likeness (QED) is 0.375. The number of anilines is 1. The van der Waals surface area contributed by atoms with E-state index in [1.54, 1.807) is 36.4 Å². The summed E-state index contributed by atoms with van der Waals surface area (Å²) in [6.45, 7) is 5.64. The van der Waals surface area contributed by atoms with Crippen molar-refractivity contribution < 1.29 is 18.8 Å². The fraction of sp³-hybridized carbons (Fsp3) is 0.276. The van der Waals surface area contributed by atoms with Crippen LogP contribution in [0.25, 0.3) is 6.08 Å². The highest BCUT2D eigenvalue weighted by Crippen LogP contribution is 2.61. The molecule has 35 heavy (non-hydrogen) atoms. The lowest BCUT2D eigenvalue weighted by Crippen LogP contribution is -2.49. The van der Waals surface area contributed by atoms with Gasteiger partial charge in [0.15, 0.2) is 17.3 Å². The van der Waals surface area contributed by atoms with Crippen molar-refractivity contribution in [2.75, 3.05) is 4.90 Å². The molecule has 0 N–H and O–H groups in total. The summed E-state index contributed by atoms with van der Waals surface area (Å²) < 4.78 is 6.80. The van der Waals surface area contributed by atoms with Gasteiger partial charge in [-0.25, -0.2) is 0 Å². The molecule has 6 rings (SSSR count). The molecule has 1 spiro atoms. The van der Waals surface area contributed by atoms with E-state index in [0.29, 0.717) is 16.9 Å². The summed E-state index contributed by atoms with van der Waals surface area (Å²) in [5, 5.41) is 0. The van der Waals surface area contributed by atoms with Crippen molar-refractivity contribution in [3.05, 3.63) is 93.9 Å². The first-order chi connectivity index (χ1) is 16.7. The van der Waals surface area contributed by atoms with Crippen molar-refractivity contribution in [3.8, 4) is 0 Å². The standard InChI is InChI=1S/C29H24BrNO4/c1-28(2,3)27(34)24-23(21-9-6-14-35-21)29(25(32)18-7-4-5-8-19(18)26(29)33)22-13-10-16-15-17(30)11-12-20(16)31(22)24/h4-15,22-24H,1-3H3/t22-,23+,24-/m0/s1. The van der Waals surface area contributed by atoms with Crippen molar-refractivity contribution in [1.82, 2.24) is 0 Å². The molecule has 3 atom stereocenters. The van der Waals surface area contributed by atoms with E-state index in [1.807, 2.05) is 56.0 Å². The van der Waals surface area contributed by atoms with Gasteiger partial charge in [-0.2, -0.15) is 0 Å². The van der Waals surface area contributed by atoms with Crippen LogP contribution in [0, 0.1) is 10.8 Å². The van der Waals surface area contributed by atoms with E-state index >= 15 is 0 Å². The largest absolute Gasteiger partial charge is 0.469 e. The van der Waals surface area contributed by atoms with E-state index in [4.69, 9.17) is 4.42 Å². The van der Waals surface area contributed by atoms with Crippen molar-refractivity contribution >= 4 is 45.0 Å². The lowest BCUT2D eigenvalue weighted by molar-refractivity contribution is -0.128. The third-order valence-electron chi connectivity index (χ3n) is 7.62. The molecule has 1 fully saturated rings. The molecule has 0 amide bonds. The first kappa shape index (κ1) is 22.2. The van der Waals surface area contributed by atoms with Crippen molar-refractivity contribution in [2.24, 2.45) is 10.8 Å². The van der Waals surface area contributed by atoms with E-state index in [2.05, 4.69) is 15.9 Å². The van der Waals surface area contributed by atoms with Gasteiger partial charge in [-0.3, -0.25) is 14.4 Å². The molecule has 1 saturated heterocycles. The Balaban J connectivity index is 1.69. The van der Waals surface area contributed by atoms with Crippen LogP contribution >= 0.6 is 15.9 Å². The number of ketones is 3. The van der Waals surface area contributed by atoms with Crippen molar-refractivity contribution in [1.29, 1.82) is 0 Å².